The highest BCUT2D eigenvalue weighted by Gasteiger charge is 2.15. The van der Waals surface area contributed by atoms with Crippen LogP contribution in [0.5, 0.6) is 0 Å². The summed E-state index contributed by atoms with van der Waals surface area (Å²) in [7, 11) is -2.13. The molecule has 5 nitrogen and oxygen atoms in total. The van der Waals surface area contributed by atoms with Crippen molar-refractivity contribution in [2.45, 2.75) is 31.2 Å². The van der Waals surface area contributed by atoms with Crippen molar-refractivity contribution >= 4 is 15.9 Å². The Labute approximate surface area is 108 Å². The van der Waals surface area contributed by atoms with Gasteiger partial charge in [0.2, 0.25) is 15.9 Å². The Morgan fingerprint density at radius 2 is 1.94 bits per heavy atom. The van der Waals surface area contributed by atoms with E-state index in [1.807, 2.05) is 6.92 Å². The predicted octanol–water partition coefficient (Wildman–Crippen LogP) is 1.01. The van der Waals surface area contributed by atoms with E-state index in [0.717, 1.165) is 6.42 Å². The maximum Gasteiger partial charge on any atom is 0.240 e. The van der Waals surface area contributed by atoms with Crippen molar-refractivity contribution in [3.8, 4) is 0 Å². The Kier molecular flexibility index (Phi) is 5.30. The molecule has 0 bridgehead atoms. The standard InChI is InChI=1S/C12H18N2O3S/c1-3-6-12(15)14-9-10-7-4-5-8-11(10)18(16,17)13-2/h4-5,7-8,13H,3,6,9H2,1-2H3,(H,14,15). The van der Waals surface area contributed by atoms with Gasteiger partial charge in [0, 0.05) is 13.0 Å². The average molecular weight is 270 g/mol. The molecular weight excluding hydrogens is 252 g/mol. The Balaban J connectivity index is 2.87. The minimum atomic E-state index is -3.49. The van der Waals surface area contributed by atoms with Crippen molar-refractivity contribution in [2.75, 3.05) is 7.05 Å². The van der Waals surface area contributed by atoms with E-state index in [0.29, 0.717) is 12.0 Å². The first-order chi connectivity index (χ1) is 8.51. The molecule has 0 saturated heterocycles. The van der Waals surface area contributed by atoms with Crippen molar-refractivity contribution < 1.29 is 13.2 Å². The summed E-state index contributed by atoms with van der Waals surface area (Å²) in [6, 6.07) is 6.61. The summed E-state index contributed by atoms with van der Waals surface area (Å²) >= 11 is 0. The SMILES string of the molecule is CCCC(=O)NCc1ccccc1S(=O)(=O)NC. The summed E-state index contributed by atoms with van der Waals surface area (Å²) in [5, 5.41) is 2.71. The molecule has 18 heavy (non-hydrogen) atoms. The molecule has 2 N–H and O–H groups in total. The number of rotatable bonds is 6. The third kappa shape index (κ3) is 3.82. The molecule has 0 heterocycles. The smallest absolute Gasteiger partial charge is 0.240 e. The third-order valence-corrected chi connectivity index (χ3v) is 4.00. The Morgan fingerprint density at radius 3 is 2.56 bits per heavy atom. The summed E-state index contributed by atoms with van der Waals surface area (Å²) in [6.45, 7) is 2.13. The first-order valence-electron chi connectivity index (χ1n) is 5.79. The Hall–Kier alpha value is -1.40. The number of sulfonamides is 1. The van der Waals surface area contributed by atoms with Gasteiger partial charge in [-0.05, 0) is 25.1 Å². The lowest BCUT2D eigenvalue weighted by Gasteiger charge is -2.10. The van der Waals surface area contributed by atoms with E-state index in [1.54, 1.807) is 18.2 Å². The zero-order valence-corrected chi connectivity index (χ0v) is 11.4. The molecule has 0 spiro atoms. The van der Waals surface area contributed by atoms with E-state index < -0.39 is 10.0 Å². The molecule has 0 aliphatic rings. The van der Waals surface area contributed by atoms with Gasteiger partial charge in [-0.25, -0.2) is 13.1 Å². The molecule has 0 fully saturated rings. The number of amides is 1. The lowest BCUT2D eigenvalue weighted by Crippen LogP contribution is -2.25. The van der Waals surface area contributed by atoms with Crippen LogP contribution in [0.15, 0.2) is 29.2 Å². The second kappa shape index (κ2) is 6.51. The van der Waals surface area contributed by atoms with Crippen molar-refractivity contribution in [3.05, 3.63) is 29.8 Å². The van der Waals surface area contributed by atoms with Gasteiger partial charge in [0.25, 0.3) is 0 Å². The normalized spacial score (nSPS) is 11.2. The monoisotopic (exact) mass is 270 g/mol. The summed E-state index contributed by atoms with van der Waals surface area (Å²) in [6.07, 6.45) is 1.21. The quantitative estimate of drug-likeness (QED) is 0.810. The van der Waals surface area contributed by atoms with Crippen LogP contribution >= 0.6 is 0 Å². The van der Waals surface area contributed by atoms with Crippen LogP contribution in [-0.2, 0) is 21.4 Å². The van der Waals surface area contributed by atoms with Crippen molar-refractivity contribution in [1.29, 1.82) is 0 Å². The zero-order chi connectivity index (χ0) is 13.6. The molecule has 0 radical (unpaired) electrons. The van der Waals surface area contributed by atoms with Gasteiger partial charge in [0.05, 0.1) is 4.90 Å². The van der Waals surface area contributed by atoms with Gasteiger partial charge in [-0.2, -0.15) is 0 Å². The van der Waals surface area contributed by atoms with E-state index in [-0.39, 0.29) is 17.3 Å². The van der Waals surface area contributed by atoms with E-state index in [1.165, 1.54) is 13.1 Å². The summed E-state index contributed by atoms with van der Waals surface area (Å²) in [4.78, 5) is 11.6. The van der Waals surface area contributed by atoms with Gasteiger partial charge in [-0.15, -0.1) is 0 Å². The number of benzene rings is 1. The summed E-state index contributed by atoms with van der Waals surface area (Å²) in [5.74, 6) is -0.0749. The van der Waals surface area contributed by atoms with Crippen LogP contribution in [0.4, 0.5) is 0 Å². The first-order valence-corrected chi connectivity index (χ1v) is 7.27. The molecule has 1 amide bonds. The largest absolute Gasteiger partial charge is 0.352 e. The summed E-state index contributed by atoms with van der Waals surface area (Å²) in [5.41, 5.74) is 0.580. The molecule has 0 aromatic heterocycles. The molecule has 1 aromatic rings. The second-order valence-corrected chi connectivity index (χ2v) is 5.70. The fraction of sp³-hybridized carbons (Fsp3) is 0.417. The van der Waals surface area contributed by atoms with E-state index in [9.17, 15) is 13.2 Å². The molecule has 0 atom stereocenters. The van der Waals surface area contributed by atoms with Crippen molar-refractivity contribution in [3.63, 3.8) is 0 Å². The fourth-order valence-electron chi connectivity index (χ4n) is 1.53. The van der Waals surface area contributed by atoms with Crippen LogP contribution in [0.1, 0.15) is 25.3 Å². The zero-order valence-electron chi connectivity index (χ0n) is 10.6. The van der Waals surface area contributed by atoms with E-state index in [4.69, 9.17) is 0 Å². The lowest BCUT2D eigenvalue weighted by molar-refractivity contribution is -0.121. The van der Waals surface area contributed by atoms with Crippen LogP contribution in [0.2, 0.25) is 0 Å². The van der Waals surface area contributed by atoms with Gasteiger partial charge in [-0.1, -0.05) is 25.1 Å². The second-order valence-electron chi connectivity index (χ2n) is 3.84. The van der Waals surface area contributed by atoms with Crippen LogP contribution in [-0.4, -0.2) is 21.4 Å². The fourth-order valence-corrected chi connectivity index (χ4v) is 2.49. The van der Waals surface area contributed by atoms with Crippen molar-refractivity contribution in [1.82, 2.24) is 10.0 Å². The molecule has 1 aromatic carbocycles. The van der Waals surface area contributed by atoms with Crippen LogP contribution in [0, 0.1) is 0 Å². The van der Waals surface area contributed by atoms with Crippen LogP contribution in [0.25, 0.3) is 0 Å². The highest BCUT2D eigenvalue weighted by Crippen LogP contribution is 2.14. The molecule has 0 aliphatic carbocycles. The molecule has 6 heteroatoms. The summed E-state index contributed by atoms with van der Waals surface area (Å²) < 4.78 is 25.8. The maximum atomic E-state index is 11.8. The molecule has 0 unspecified atom stereocenters. The minimum absolute atomic E-state index is 0.0749. The van der Waals surface area contributed by atoms with Gasteiger partial charge in [0.1, 0.15) is 0 Å². The molecule has 100 valence electrons. The molecule has 0 saturated carbocycles. The number of hydrogen-bond acceptors (Lipinski definition) is 3. The van der Waals surface area contributed by atoms with E-state index in [2.05, 4.69) is 10.0 Å². The van der Waals surface area contributed by atoms with Gasteiger partial charge >= 0.3 is 0 Å². The number of hydrogen-bond donors (Lipinski definition) is 2. The lowest BCUT2D eigenvalue weighted by atomic mass is 10.2. The Morgan fingerprint density at radius 1 is 1.28 bits per heavy atom. The van der Waals surface area contributed by atoms with Gasteiger partial charge in [0.15, 0.2) is 0 Å². The molecule has 0 aliphatic heterocycles. The molecule has 1 rings (SSSR count). The number of nitrogens with one attached hydrogen (secondary N) is 2. The Bertz CT molecular complexity index is 512. The number of carbonyl (C=O) groups is 1. The van der Waals surface area contributed by atoms with E-state index >= 15 is 0 Å². The topological polar surface area (TPSA) is 75.3 Å². The third-order valence-electron chi connectivity index (χ3n) is 2.48. The van der Waals surface area contributed by atoms with Crippen molar-refractivity contribution in [2.24, 2.45) is 0 Å². The molecular formula is C12H18N2O3S. The minimum Gasteiger partial charge on any atom is -0.352 e. The maximum absolute atomic E-state index is 11.8. The first kappa shape index (κ1) is 14.7. The number of carbonyl (C=O) groups excluding carboxylic acids is 1. The van der Waals surface area contributed by atoms with Crippen LogP contribution < -0.4 is 10.0 Å². The van der Waals surface area contributed by atoms with Gasteiger partial charge in [-0.3, -0.25) is 4.79 Å². The van der Waals surface area contributed by atoms with Crippen LogP contribution in [0.3, 0.4) is 0 Å². The predicted molar refractivity (Wildman–Crippen MR) is 69.4 cm³/mol. The average Bonchev–Trinajstić information content (AvgIpc) is 2.37. The highest BCUT2D eigenvalue weighted by molar-refractivity contribution is 7.89. The highest BCUT2D eigenvalue weighted by atomic mass is 32.2. The van der Waals surface area contributed by atoms with Gasteiger partial charge < -0.3 is 5.32 Å².